The molecule has 0 spiro atoms. The molecule has 1 saturated heterocycles. The fourth-order valence-corrected chi connectivity index (χ4v) is 3.91. The highest BCUT2D eigenvalue weighted by Crippen LogP contribution is 2.37. The first kappa shape index (κ1) is 18.2. The van der Waals surface area contributed by atoms with E-state index in [0.29, 0.717) is 30.6 Å². The molecule has 0 saturated carbocycles. The van der Waals surface area contributed by atoms with Gasteiger partial charge in [-0.3, -0.25) is 19.3 Å². The van der Waals surface area contributed by atoms with Crippen LogP contribution in [-0.2, 0) is 16.0 Å². The van der Waals surface area contributed by atoms with Crippen LogP contribution in [0.25, 0.3) is 0 Å². The molecule has 2 aliphatic rings. The van der Waals surface area contributed by atoms with Gasteiger partial charge in [0, 0.05) is 12.1 Å². The number of anilines is 1. The highest BCUT2D eigenvalue weighted by atomic mass is 16.2. The van der Waals surface area contributed by atoms with E-state index in [1.54, 1.807) is 24.3 Å². The summed E-state index contributed by atoms with van der Waals surface area (Å²) in [6, 6.07) is 16.7. The number of allylic oxidation sites excluding steroid dienone is 2. The van der Waals surface area contributed by atoms with Crippen LogP contribution in [-0.4, -0.2) is 24.3 Å². The number of hydrogen-bond acceptors (Lipinski definition) is 3. The van der Waals surface area contributed by atoms with Gasteiger partial charge in [0.25, 0.3) is 5.91 Å². The zero-order valence-electron chi connectivity index (χ0n) is 15.5. The second-order valence-electron chi connectivity index (χ2n) is 7.21. The predicted molar refractivity (Wildman–Crippen MR) is 107 cm³/mol. The average Bonchev–Trinajstić information content (AvgIpc) is 2.99. The molecule has 5 heteroatoms. The van der Waals surface area contributed by atoms with Gasteiger partial charge in [0.1, 0.15) is 0 Å². The highest BCUT2D eigenvalue weighted by molar-refractivity contribution is 6.22. The summed E-state index contributed by atoms with van der Waals surface area (Å²) in [6.45, 7) is 0.518. The second-order valence-corrected chi connectivity index (χ2v) is 7.21. The monoisotopic (exact) mass is 374 g/mol. The van der Waals surface area contributed by atoms with Crippen molar-refractivity contribution in [3.05, 3.63) is 77.9 Å². The normalized spacial score (nSPS) is 20.9. The average molecular weight is 374 g/mol. The molecule has 28 heavy (non-hydrogen) atoms. The van der Waals surface area contributed by atoms with E-state index in [9.17, 15) is 14.4 Å². The van der Waals surface area contributed by atoms with E-state index >= 15 is 0 Å². The lowest BCUT2D eigenvalue weighted by atomic mass is 9.85. The zero-order chi connectivity index (χ0) is 19.5. The quantitative estimate of drug-likeness (QED) is 0.646. The Morgan fingerprint density at radius 1 is 0.929 bits per heavy atom. The van der Waals surface area contributed by atoms with Crippen molar-refractivity contribution in [3.8, 4) is 0 Å². The standard InChI is InChI=1S/C23H22N2O3/c26-21(24-14-13-16-7-2-1-3-8-16)17-9-6-10-18(15-17)25-22(27)19-11-4-5-12-20(19)23(25)28/h1-10,15,19-20H,11-14H2,(H,24,26)/t19-,20+. The van der Waals surface area contributed by atoms with Gasteiger partial charge < -0.3 is 5.32 Å². The van der Waals surface area contributed by atoms with Gasteiger partial charge in [-0.1, -0.05) is 48.6 Å². The van der Waals surface area contributed by atoms with Crippen LogP contribution in [0.3, 0.4) is 0 Å². The first-order valence-corrected chi connectivity index (χ1v) is 9.60. The molecular weight excluding hydrogens is 352 g/mol. The summed E-state index contributed by atoms with van der Waals surface area (Å²) in [6.07, 6.45) is 5.88. The van der Waals surface area contributed by atoms with Crippen molar-refractivity contribution in [3.63, 3.8) is 0 Å². The molecule has 4 rings (SSSR count). The molecule has 0 aromatic heterocycles. The molecule has 1 fully saturated rings. The Bertz CT molecular complexity index is 910. The van der Waals surface area contributed by atoms with Crippen molar-refractivity contribution in [2.75, 3.05) is 11.4 Å². The van der Waals surface area contributed by atoms with Gasteiger partial charge in [-0.25, -0.2) is 0 Å². The van der Waals surface area contributed by atoms with Crippen LogP contribution >= 0.6 is 0 Å². The number of carbonyl (C=O) groups excluding carboxylic acids is 3. The highest BCUT2D eigenvalue weighted by Gasteiger charge is 2.47. The maximum absolute atomic E-state index is 12.7. The first-order chi connectivity index (χ1) is 13.6. The van der Waals surface area contributed by atoms with Crippen molar-refractivity contribution >= 4 is 23.4 Å². The smallest absolute Gasteiger partial charge is 0.251 e. The molecule has 0 radical (unpaired) electrons. The van der Waals surface area contributed by atoms with Crippen LogP contribution in [0, 0.1) is 11.8 Å². The van der Waals surface area contributed by atoms with Crippen LogP contribution in [0.4, 0.5) is 5.69 Å². The van der Waals surface area contributed by atoms with Crippen molar-refractivity contribution in [1.82, 2.24) is 5.32 Å². The zero-order valence-corrected chi connectivity index (χ0v) is 15.5. The van der Waals surface area contributed by atoms with Gasteiger partial charge in [-0.2, -0.15) is 0 Å². The van der Waals surface area contributed by atoms with Crippen LogP contribution in [0.5, 0.6) is 0 Å². The van der Waals surface area contributed by atoms with Crippen LogP contribution in [0.15, 0.2) is 66.7 Å². The first-order valence-electron chi connectivity index (χ1n) is 9.60. The molecule has 1 aliphatic carbocycles. The lowest BCUT2D eigenvalue weighted by Crippen LogP contribution is -2.31. The lowest BCUT2D eigenvalue weighted by molar-refractivity contribution is -0.122. The van der Waals surface area contributed by atoms with E-state index in [1.807, 2.05) is 42.5 Å². The molecule has 0 bridgehead atoms. The summed E-state index contributed by atoms with van der Waals surface area (Å²) in [5, 5.41) is 2.90. The van der Waals surface area contributed by atoms with E-state index in [2.05, 4.69) is 5.32 Å². The molecule has 1 aliphatic heterocycles. The van der Waals surface area contributed by atoms with Crippen molar-refractivity contribution in [2.45, 2.75) is 19.3 Å². The Balaban J connectivity index is 1.45. The molecule has 142 valence electrons. The van der Waals surface area contributed by atoms with Gasteiger partial charge in [-0.15, -0.1) is 0 Å². The van der Waals surface area contributed by atoms with Gasteiger partial charge in [-0.05, 0) is 43.0 Å². The van der Waals surface area contributed by atoms with E-state index in [-0.39, 0.29) is 29.6 Å². The third kappa shape index (κ3) is 3.48. The van der Waals surface area contributed by atoms with E-state index < -0.39 is 0 Å². The fourth-order valence-electron chi connectivity index (χ4n) is 3.91. The molecule has 2 aromatic carbocycles. The maximum Gasteiger partial charge on any atom is 0.251 e. The van der Waals surface area contributed by atoms with E-state index in [0.717, 1.165) is 12.0 Å². The lowest BCUT2D eigenvalue weighted by Gasteiger charge is -2.16. The summed E-state index contributed by atoms with van der Waals surface area (Å²) in [5.41, 5.74) is 2.07. The molecular formula is C23H22N2O3. The molecule has 5 nitrogen and oxygen atoms in total. The Labute approximate surface area is 164 Å². The van der Waals surface area contributed by atoms with Crippen LogP contribution in [0.2, 0.25) is 0 Å². The topological polar surface area (TPSA) is 66.5 Å². The predicted octanol–water partition coefficient (Wildman–Crippen LogP) is 3.11. The second kappa shape index (κ2) is 7.80. The minimum Gasteiger partial charge on any atom is -0.352 e. The number of amides is 3. The third-order valence-corrected chi connectivity index (χ3v) is 5.42. The Morgan fingerprint density at radius 2 is 1.61 bits per heavy atom. The van der Waals surface area contributed by atoms with Crippen molar-refractivity contribution < 1.29 is 14.4 Å². The number of nitrogens with one attached hydrogen (secondary N) is 1. The SMILES string of the molecule is O=C(NCCc1ccccc1)c1cccc(N2C(=O)[C@H]3CC=CC[C@H]3C2=O)c1. The number of nitrogens with zero attached hydrogens (tertiary/aromatic N) is 1. The Kier molecular flexibility index (Phi) is 5.06. The molecule has 0 unspecified atom stereocenters. The number of fused-ring (bicyclic) bond motifs is 1. The Hall–Kier alpha value is -3.21. The molecule has 2 atom stereocenters. The summed E-state index contributed by atoms with van der Waals surface area (Å²) in [5.74, 6) is -1.10. The summed E-state index contributed by atoms with van der Waals surface area (Å²) < 4.78 is 0. The molecule has 1 heterocycles. The van der Waals surface area contributed by atoms with Gasteiger partial charge in [0.2, 0.25) is 11.8 Å². The number of carbonyl (C=O) groups is 3. The number of imide groups is 1. The van der Waals surface area contributed by atoms with Crippen LogP contribution in [0.1, 0.15) is 28.8 Å². The molecule has 1 N–H and O–H groups in total. The minimum absolute atomic E-state index is 0.166. The summed E-state index contributed by atoms with van der Waals surface area (Å²) >= 11 is 0. The van der Waals surface area contributed by atoms with Gasteiger partial charge >= 0.3 is 0 Å². The number of benzene rings is 2. The summed E-state index contributed by atoms with van der Waals surface area (Å²) in [7, 11) is 0. The fraction of sp³-hybridized carbons (Fsp3) is 0.261. The van der Waals surface area contributed by atoms with Crippen LogP contribution < -0.4 is 10.2 Å². The van der Waals surface area contributed by atoms with E-state index in [4.69, 9.17) is 0 Å². The maximum atomic E-state index is 12.7. The third-order valence-electron chi connectivity index (χ3n) is 5.42. The minimum atomic E-state index is -0.277. The largest absolute Gasteiger partial charge is 0.352 e. The number of hydrogen-bond donors (Lipinski definition) is 1. The molecule has 2 aromatic rings. The van der Waals surface area contributed by atoms with E-state index in [1.165, 1.54) is 4.90 Å². The van der Waals surface area contributed by atoms with Gasteiger partial charge in [0.15, 0.2) is 0 Å². The summed E-state index contributed by atoms with van der Waals surface area (Å²) in [4.78, 5) is 39.2. The van der Waals surface area contributed by atoms with Crippen molar-refractivity contribution in [2.24, 2.45) is 11.8 Å². The molecule has 3 amide bonds. The van der Waals surface area contributed by atoms with Gasteiger partial charge in [0.05, 0.1) is 17.5 Å². The number of rotatable bonds is 5. The van der Waals surface area contributed by atoms with Crippen molar-refractivity contribution in [1.29, 1.82) is 0 Å². The Morgan fingerprint density at radius 3 is 2.29 bits per heavy atom.